The molecular formula is C21H18N4O2S2. The summed E-state index contributed by atoms with van der Waals surface area (Å²) in [6.07, 6.45) is 1.95. The van der Waals surface area contributed by atoms with Crippen LogP contribution in [0.2, 0.25) is 0 Å². The van der Waals surface area contributed by atoms with Crippen molar-refractivity contribution in [3.05, 3.63) is 58.4 Å². The highest BCUT2D eigenvalue weighted by Gasteiger charge is 2.28. The van der Waals surface area contributed by atoms with Crippen LogP contribution in [0.3, 0.4) is 0 Å². The maximum absolute atomic E-state index is 12.9. The molecule has 2 aromatic heterocycles. The number of aryl methyl sites for hydroxylation is 1. The Balaban J connectivity index is 1.37. The predicted molar refractivity (Wildman–Crippen MR) is 118 cm³/mol. The Hall–Kier alpha value is -2.71. The lowest BCUT2D eigenvalue weighted by atomic mass is 10.2. The first-order valence-electron chi connectivity index (χ1n) is 9.40. The average Bonchev–Trinajstić information content (AvgIpc) is 3.46. The molecule has 6 nitrogen and oxygen atoms in total. The lowest BCUT2D eigenvalue weighted by molar-refractivity contribution is -0.113. The first kappa shape index (κ1) is 18.3. The van der Waals surface area contributed by atoms with Crippen molar-refractivity contribution in [1.29, 1.82) is 0 Å². The number of benzene rings is 2. The van der Waals surface area contributed by atoms with Gasteiger partial charge in [0.05, 0.1) is 26.9 Å². The molecule has 0 spiro atoms. The van der Waals surface area contributed by atoms with Gasteiger partial charge >= 0.3 is 0 Å². The van der Waals surface area contributed by atoms with Gasteiger partial charge in [-0.2, -0.15) is 0 Å². The van der Waals surface area contributed by atoms with Gasteiger partial charge in [0.1, 0.15) is 0 Å². The number of nitrogens with zero attached hydrogens (tertiary/aromatic N) is 3. The van der Waals surface area contributed by atoms with E-state index in [0.717, 1.165) is 28.6 Å². The zero-order valence-corrected chi connectivity index (χ0v) is 17.3. The number of para-hydroxylation sites is 2. The van der Waals surface area contributed by atoms with Gasteiger partial charge in [-0.25, -0.2) is 9.97 Å². The van der Waals surface area contributed by atoms with Gasteiger partial charge < -0.3 is 5.32 Å². The number of thioether (sulfide) groups is 1. The Morgan fingerprint density at radius 3 is 2.83 bits per heavy atom. The highest BCUT2D eigenvalue weighted by atomic mass is 32.2. The molecule has 0 saturated heterocycles. The van der Waals surface area contributed by atoms with E-state index in [1.54, 1.807) is 10.6 Å². The fourth-order valence-electron chi connectivity index (χ4n) is 3.31. The molecular weight excluding hydrogens is 404 g/mol. The molecule has 1 fully saturated rings. The number of carbonyl (C=O) groups excluding carboxylic acids is 1. The number of rotatable bonds is 5. The summed E-state index contributed by atoms with van der Waals surface area (Å²) in [5.74, 6) is 0.0170. The van der Waals surface area contributed by atoms with Crippen molar-refractivity contribution in [3.8, 4) is 0 Å². The molecule has 8 heteroatoms. The van der Waals surface area contributed by atoms with Gasteiger partial charge in [0.15, 0.2) is 10.3 Å². The van der Waals surface area contributed by atoms with Crippen LogP contribution in [0.15, 0.2) is 52.4 Å². The van der Waals surface area contributed by atoms with E-state index >= 15 is 0 Å². The summed E-state index contributed by atoms with van der Waals surface area (Å²) in [7, 11) is 0. The van der Waals surface area contributed by atoms with Crippen LogP contribution in [0.1, 0.15) is 24.4 Å². The van der Waals surface area contributed by atoms with Crippen LogP contribution in [-0.4, -0.2) is 26.2 Å². The Morgan fingerprint density at radius 2 is 2.03 bits per heavy atom. The largest absolute Gasteiger partial charge is 0.301 e. The van der Waals surface area contributed by atoms with E-state index in [9.17, 15) is 9.59 Å². The number of thiazole rings is 1. The molecule has 1 aliphatic carbocycles. The van der Waals surface area contributed by atoms with Gasteiger partial charge in [-0.15, -0.1) is 0 Å². The SMILES string of the molecule is Cc1cccc2sc(NC(=O)CSc3nc4ccccc4c(=O)n3C3CC3)nc12. The van der Waals surface area contributed by atoms with Crippen molar-refractivity contribution < 1.29 is 4.79 Å². The second-order valence-corrected chi connectivity index (χ2v) is 9.07. The molecule has 0 radical (unpaired) electrons. The minimum Gasteiger partial charge on any atom is -0.301 e. The van der Waals surface area contributed by atoms with Gasteiger partial charge in [-0.1, -0.05) is 47.4 Å². The second-order valence-electron chi connectivity index (χ2n) is 7.10. The van der Waals surface area contributed by atoms with E-state index in [1.807, 2.05) is 43.3 Å². The second kappa shape index (κ2) is 7.27. The van der Waals surface area contributed by atoms with Crippen molar-refractivity contribution in [3.63, 3.8) is 0 Å². The van der Waals surface area contributed by atoms with Crippen LogP contribution in [0, 0.1) is 6.92 Å². The van der Waals surface area contributed by atoms with Gasteiger partial charge in [0, 0.05) is 6.04 Å². The summed E-state index contributed by atoms with van der Waals surface area (Å²) < 4.78 is 2.80. The molecule has 4 aromatic rings. The maximum Gasteiger partial charge on any atom is 0.262 e. The van der Waals surface area contributed by atoms with E-state index in [-0.39, 0.29) is 23.3 Å². The number of hydrogen-bond acceptors (Lipinski definition) is 6. The van der Waals surface area contributed by atoms with Gasteiger partial charge in [-0.3, -0.25) is 14.2 Å². The number of carbonyl (C=O) groups is 1. The molecule has 1 aliphatic rings. The Labute approximate surface area is 175 Å². The third kappa shape index (κ3) is 3.54. The number of aromatic nitrogens is 3. The van der Waals surface area contributed by atoms with Crippen LogP contribution in [0.4, 0.5) is 5.13 Å². The fraction of sp³-hybridized carbons (Fsp3) is 0.238. The third-order valence-electron chi connectivity index (χ3n) is 4.89. The van der Waals surface area contributed by atoms with E-state index in [2.05, 4.69) is 15.3 Å². The molecule has 0 aliphatic heterocycles. The predicted octanol–water partition coefficient (Wildman–Crippen LogP) is 4.38. The van der Waals surface area contributed by atoms with Gasteiger partial charge in [-0.05, 0) is 43.5 Å². The molecule has 0 unspecified atom stereocenters. The summed E-state index contributed by atoms with van der Waals surface area (Å²) >= 11 is 2.76. The molecule has 1 N–H and O–H groups in total. The van der Waals surface area contributed by atoms with E-state index in [0.29, 0.717) is 21.2 Å². The molecule has 146 valence electrons. The lowest BCUT2D eigenvalue weighted by Gasteiger charge is -2.12. The van der Waals surface area contributed by atoms with Crippen LogP contribution < -0.4 is 10.9 Å². The number of nitrogens with one attached hydrogen (secondary N) is 1. The molecule has 1 saturated carbocycles. The summed E-state index contributed by atoms with van der Waals surface area (Å²) in [6.45, 7) is 2.01. The lowest BCUT2D eigenvalue weighted by Crippen LogP contribution is -2.23. The number of fused-ring (bicyclic) bond motifs is 2. The van der Waals surface area contributed by atoms with Gasteiger partial charge in [0.2, 0.25) is 5.91 Å². The summed E-state index contributed by atoms with van der Waals surface area (Å²) in [6, 6.07) is 13.5. The average molecular weight is 423 g/mol. The van der Waals surface area contributed by atoms with Crippen LogP contribution in [-0.2, 0) is 4.79 Å². The van der Waals surface area contributed by atoms with Crippen LogP contribution >= 0.6 is 23.1 Å². The van der Waals surface area contributed by atoms with Crippen molar-refractivity contribution in [2.75, 3.05) is 11.1 Å². The third-order valence-corrected chi connectivity index (χ3v) is 6.78. The van der Waals surface area contributed by atoms with Crippen molar-refractivity contribution >= 4 is 55.3 Å². The van der Waals surface area contributed by atoms with Crippen molar-refractivity contribution in [2.45, 2.75) is 31.0 Å². The van der Waals surface area contributed by atoms with Crippen molar-refractivity contribution in [1.82, 2.24) is 14.5 Å². The van der Waals surface area contributed by atoms with Gasteiger partial charge in [0.25, 0.3) is 5.56 Å². The monoisotopic (exact) mass is 422 g/mol. The van der Waals surface area contributed by atoms with E-state index < -0.39 is 0 Å². The fourth-order valence-corrected chi connectivity index (χ4v) is 5.13. The molecule has 0 bridgehead atoms. The zero-order valence-electron chi connectivity index (χ0n) is 15.7. The van der Waals surface area contributed by atoms with Crippen molar-refractivity contribution in [2.24, 2.45) is 0 Å². The molecule has 5 rings (SSSR count). The standard InChI is InChI=1S/C21H18N4O2S2/c1-12-5-4-8-16-18(12)24-20(29-16)23-17(26)11-28-21-22-15-7-3-2-6-14(15)19(27)25(21)13-9-10-13/h2-8,13H,9-11H2,1H3,(H,23,24,26). The normalized spacial score (nSPS) is 13.8. The minimum absolute atomic E-state index is 0.0253. The molecule has 2 aromatic carbocycles. The summed E-state index contributed by atoms with van der Waals surface area (Å²) in [5, 5.41) is 4.69. The highest BCUT2D eigenvalue weighted by molar-refractivity contribution is 7.99. The van der Waals surface area contributed by atoms with Crippen LogP contribution in [0.25, 0.3) is 21.1 Å². The zero-order chi connectivity index (χ0) is 20.0. The Morgan fingerprint density at radius 1 is 1.21 bits per heavy atom. The van der Waals surface area contributed by atoms with E-state index in [4.69, 9.17) is 0 Å². The minimum atomic E-state index is -0.156. The smallest absolute Gasteiger partial charge is 0.262 e. The Bertz CT molecular complexity index is 1310. The first-order valence-corrected chi connectivity index (χ1v) is 11.2. The van der Waals surface area contributed by atoms with E-state index in [1.165, 1.54) is 23.1 Å². The quantitative estimate of drug-likeness (QED) is 0.381. The molecule has 29 heavy (non-hydrogen) atoms. The number of amides is 1. The topological polar surface area (TPSA) is 76.9 Å². The number of hydrogen-bond donors (Lipinski definition) is 1. The van der Waals surface area contributed by atoms with Crippen LogP contribution in [0.5, 0.6) is 0 Å². The summed E-state index contributed by atoms with van der Waals surface area (Å²) in [5.41, 5.74) is 2.64. The highest BCUT2D eigenvalue weighted by Crippen LogP contribution is 2.37. The Kier molecular flexibility index (Phi) is 4.60. The number of anilines is 1. The molecule has 2 heterocycles. The summed E-state index contributed by atoms with van der Waals surface area (Å²) in [4.78, 5) is 34.6. The molecule has 0 atom stereocenters. The first-order chi connectivity index (χ1) is 14.1. The molecule has 1 amide bonds. The maximum atomic E-state index is 12.9.